The molecule has 2 rings (SSSR count). The zero-order chi connectivity index (χ0) is 14.4. The van der Waals surface area contributed by atoms with Crippen LogP contribution >= 0.6 is 11.8 Å². The van der Waals surface area contributed by atoms with E-state index < -0.39 is 0 Å². The van der Waals surface area contributed by atoms with Crippen LogP contribution in [0, 0.1) is 0 Å². The van der Waals surface area contributed by atoms with Crippen molar-refractivity contribution < 1.29 is 9.53 Å². The molecule has 4 heteroatoms. The number of carbonyl (C=O) groups is 1. The molecule has 0 spiro atoms. The smallest absolute Gasteiger partial charge is 0.255 e. The van der Waals surface area contributed by atoms with E-state index in [-0.39, 0.29) is 5.91 Å². The molecule has 0 atom stereocenters. The van der Waals surface area contributed by atoms with Gasteiger partial charge in [0.25, 0.3) is 5.91 Å². The number of benzene rings is 2. The zero-order valence-electron chi connectivity index (χ0n) is 11.6. The lowest BCUT2D eigenvalue weighted by Crippen LogP contribution is -2.23. The maximum Gasteiger partial charge on any atom is 0.255 e. The van der Waals surface area contributed by atoms with Crippen LogP contribution in [0.1, 0.15) is 15.9 Å². The molecule has 0 radical (unpaired) electrons. The van der Waals surface area contributed by atoms with E-state index in [1.807, 2.05) is 30.5 Å². The summed E-state index contributed by atoms with van der Waals surface area (Å²) in [5, 5.41) is 2.90. The van der Waals surface area contributed by atoms with Gasteiger partial charge in [0.1, 0.15) is 5.75 Å². The van der Waals surface area contributed by atoms with Gasteiger partial charge in [0.2, 0.25) is 0 Å². The zero-order valence-corrected chi connectivity index (χ0v) is 12.4. The lowest BCUT2D eigenvalue weighted by Gasteiger charge is -2.09. The number of nitrogens with one attached hydrogen (secondary N) is 1. The quantitative estimate of drug-likeness (QED) is 0.857. The first kappa shape index (κ1) is 14.5. The first-order valence-corrected chi connectivity index (χ1v) is 7.51. The fourth-order valence-corrected chi connectivity index (χ4v) is 2.26. The summed E-state index contributed by atoms with van der Waals surface area (Å²) in [7, 11) is 1.56. The highest BCUT2D eigenvalue weighted by Crippen LogP contribution is 2.17. The summed E-state index contributed by atoms with van der Waals surface area (Å²) in [6.07, 6.45) is 2.04. The molecule has 2 aromatic carbocycles. The third-order valence-corrected chi connectivity index (χ3v) is 3.71. The number of hydrogen-bond acceptors (Lipinski definition) is 3. The standard InChI is InChI=1S/C16H17NO2S/c1-19-15-6-4-3-5-14(15)16(18)17-11-12-7-9-13(20-2)10-8-12/h3-10H,11H2,1-2H3,(H,17,18). The van der Waals surface area contributed by atoms with Gasteiger partial charge >= 0.3 is 0 Å². The SMILES string of the molecule is COc1ccccc1C(=O)NCc1ccc(SC)cc1. The largest absolute Gasteiger partial charge is 0.496 e. The number of thioether (sulfide) groups is 1. The number of methoxy groups -OCH3 is 1. The molecule has 0 fully saturated rings. The Morgan fingerprint density at radius 3 is 2.50 bits per heavy atom. The number of amides is 1. The molecule has 0 aromatic heterocycles. The summed E-state index contributed by atoms with van der Waals surface area (Å²) in [6.45, 7) is 0.505. The highest BCUT2D eigenvalue weighted by atomic mass is 32.2. The molecule has 0 heterocycles. The maximum atomic E-state index is 12.1. The van der Waals surface area contributed by atoms with E-state index >= 15 is 0 Å². The molecule has 0 aliphatic rings. The summed E-state index contributed by atoms with van der Waals surface area (Å²) in [6, 6.07) is 15.3. The second-order valence-corrected chi connectivity index (χ2v) is 5.11. The van der Waals surface area contributed by atoms with Crippen LogP contribution in [0.5, 0.6) is 5.75 Å². The Labute approximate surface area is 123 Å². The van der Waals surface area contributed by atoms with Gasteiger partial charge in [-0.15, -0.1) is 11.8 Å². The topological polar surface area (TPSA) is 38.3 Å². The predicted octanol–water partition coefficient (Wildman–Crippen LogP) is 3.35. The molecule has 3 nitrogen and oxygen atoms in total. The predicted molar refractivity (Wildman–Crippen MR) is 82.4 cm³/mol. The molecule has 104 valence electrons. The molecule has 0 aliphatic carbocycles. The summed E-state index contributed by atoms with van der Waals surface area (Å²) in [4.78, 5) is 13.3. The van der Waals surface area contributed by atoms with Gasteiger partial charge in [0.05, 0.1) is 12.7 Å². The van der Waals surface area contributed by atoms with Crippen LogP contribution in [-0.4, -0.2) is 19.3 Å². The van der Waals surface area contributed by atoms with Crippen molar-refractivity contribution in [1.82, 2.24) is 5.32 Å². The van der Waals surface area contributed by atoms with E-state index in [2.05, 4.69) is 17.4 Å². The Bertz CT molecular complexity index is 581. The maximum absolute atomic E-state index is 12.1. The fourth-order valence-electron chi connectivity index (χ4n) is 1.85. The van der Waals surface area contributed by atoms with E-state index in [1.165, 1.54) is 4.90 Å². The summed E-state index contributed by atoms with van der Waals surface area (Å²) < 4.78 is 5.19. The molecule has 1 N–H and O–H groups in total. The Kier molecular flexibility index (Phi) is 5.07. The first-order valence-electron chi connectivity index (χ1n) is 6.28. The van der Waals surface area contributed by atoms with Crippen molar-refractivity contribution in [3.05, 3.63) is 59.7 Å². The number of rotatable bonds is 5. The molecule has 0 bridgehead atoms. The highest BCUT2D eigenvalue weighted by Gasteiger charge is 2.10. The van der Waals surface area contributed by atoms with E-state index in [4.69, 9.17) is 4.74 Å². The van der Waals surface area contributed by atoms with Gasteiger partial charge in [-0.25, -0.2) is 0 Å². The van der Waals surface area contributed by atoms with Crippen LogP contribution in [0.4, 0.5) is 0 Å². The molecule has 0 aliphatic heterocycles. The van der Waals surface area contributed by atoms with Gasteiger partial charge < -0.3 is 10.1 Å². The minimum Gasteiger partial charge on any atom is -0.496 e. The van der Waals surface area contributed by atoms with Gasteiger partial charge in [0.15, 0.2) is 0 Å². The Hall–Kier alpha value is -1.94. The molecule has 1 amide bonds. The van der Waals surface area contributed by atoms with Gasteiger partial charge in [0, 0.05) is 11.4 Å². The lowest BCUT2D eigenvalue weighted by molar-refractivity contribution is 0.0948. The second kappa shape index (κ2) is 7.01. The van der Waals surface area contributed by atoms with Crippen LogP contribution in [0.2, 0.25) is 0 Å². The average molecular weight is 287 g/mol. The van der Waals surface area contributed by atoms with Crippen LogP contribution in [0.3, 0.4) is 0 Å². The van der Waals surface area contributed by atoms with Crippen LogP contribution < -0.4 is 10.1 Å². The van der Waals surface area contributed by atoms with E-state index in [0.29, 0.717) is 17.9 Å². The average Bonchev–Trinajstić information content (AvgIpc) is 2.53. The van der Waals surface area contributed by atoms with Crippen molar-refractivity contribution in [2.24, 2.45) is 0 Å². The number of hydrogen-bond donors (Lipinski definition) is 1. The van der Waals surface area contributed by atoms with Crippen molar-refractivity contribution in [3.63, 3.8) is 0 Å². The van der Waals surface area contributed by atoms with Crippen LogP contribution in [-0.2, 0) is 6.54 Å². The fraction of sp³-hybridized carbons (Fsp3) is 0.188. The van der Waals surface area contributed by atoms with Crippen molar-refractivity contribution in [1.29, 1.82) is 0 Å². The van der Waals surface area contributed by atoms with Gasteiger partial charge in [-0.1, -0.05) is 24.3 Å². The Morgan fingerprint density at radius 1 is 1.15 bits per heavy atom. The molecule has 0 saturated heterocycles. The number of para-hydroxylation sites is 1. The van der Waals surface area contributed by atoms with Crippen molar-refractivity contribution in [3.8, 4) is 5.75 Å². The van der Waals surface area contributed by atoms with E-state index in [9.17, 15) is 4.79 Å². The van der Waals surface area contributed by atoms with Crippen molar-refractivity contribution in [2.75, 3.05) is 13.4 Å². The van der Waals surface area contributed by atoms with E-state index in [0.717, 1.165) is 5.56 Å². The number of ether oxygens (including phenoxy) is 1. The Balaban J connectivity index is 2.01. The second-order valence-electron chi connectivity index (χ2n) is 4.23. The minimum absolute atomic E-state index is 0.128. The highest BCUT2D eigenvalue weighted by molar-refractivity contribution is 7.98. The monoisotopic (exact) mass is 287 g/mol. The lowest BCUT2D eigenvalue weighted by atomic mass is 10.1. The molecule has 0 saturated carbocycles. The van der Waals surface area contributed by atoms with Gasteiger partial charge in [-0.3, -0.25) is 4.79 Å². The van der Waals surface area contributed by atoms with Gasteiger partial charge in [-0.2, -0.15) is 0 Å². The third-order valence-electron chi connectivity index (χ3n) is 2.96. The molecule has 2 aromatic rings. The first-order chi connectivity index (χ1) is 9.74. The molecule has 0 unspecified atom stereocenters. The van der Waals surface area contributed by atoms with E-state index in [1.54, 1.807) is 31.0 Å². The molecule has 20 heavy (non-hydrogen) atoms. The van der Waals surface area contributed by atoms with Crippen molar-refractivity contribution in [2.45, 2.75) is 11.4 Å². The molecular formula is C16H17NO2S. The Morgan fingerprint density at radius 2 is 1.85 bits per heavy atom. The van der Waals surface area contributed by atoms with Crippen molar-refractivity contribution >= 4 is 17.7 Å². The normalized spacial score (nSPS) is 10.1. The number of carbonyl (C=O) groups excluding carboxylic acids is 1. The minimum atomic E-state index is -0.128. The third kappa shape index (κ3) is 3.54. The van der Waals surface area contributed by atoms with Crippen LogP contribution in [0.25, 0.3) is 0 Å². The van der Waals surface area contributed by atoms with Gasteiger partial charge in [-0.05, 0) is 36.1 Å². The van der Waals surface area contributed by atoms with Crippen LogP contribution in [0.15, 0.2) is 53.4 Å². The summed E-state index contributed by atoms with van der Waals surface area (Å²) >= 11 is 1.70. The molecular weight excluding hydrogens is 270 g/mol. The summed E-state index contributed by atoms with van der Waals surface area (Å²) in [5.41, 5.74) is 1.63. The summed E-state index contributed by atoms with van der Waals surface area (Å²) in [5.74, 6) is 0.458.